The minimum absolute atomic E-state index is 0.0382. The minimum Gasteiger partial charge on any atom is -0.481 e. The van der Waals surface area contributed by atoms with Crippen molar-refractivity contribution >= 4 is 33.3 Å². The van der Waals surface area contributed by atoms with Crippen LogP contribution in [0.1, 0.15) is 6.92 Å². The molecule has 4 aromatic rings. The fraction of sp³-hybridized carbons (Fsp3) is 0.143. The van der Waals surface area contributed by atoms with Crippen molar-refractivity contribution in [2.75, 3.05) is 16.7 Å². The third-order valence-electron chi connectivity index (χ3n) is 5.09. The number of hydrogen-bond acceptors (Lipinski definition) is 7. The molecule has 1 N–H and O–H groups in total. The van der Waals surface area contributed by atoms with E-state index in [0.717, 1.165) is 9.87 Å². The Labute approximate surface area is 183 Å². The summed E-state index contributed by atoms with van der Waals surface area (Å²) in [4.78, 5) is 25.6. The first-order valence-corrected chi connectivity index (χ1v) is 11.1. The van der Waals surface area contributed by atoms with Gasteiger partial charge in [0.15, 0.2) is 11.9 Å². The van der Waals surface area contributed by atoms with E-state index in [2.05, 4.69) is 20.3 Å². The Balaban J connectivity index is 1.67. The Morgan fingerprint density at radius 3 is 2.59 bits per heavy atom. The maximum Gasteiger partial charge on any atom is 0.266 e. The molecule has 11 heteroatoms. The third-order valence-corrected chi connectivity index (χ3v) is 6.84. The topological polar surface area (TPSA) is 119 Å². The van der Waals surface area contributed by atoms with Gasteiger partial charge in [0.05, 0.1) is 16.8 Å². The van der Waals surface area contributed by atoms with Gasteiger partial charge in [0.2, 0.25) is 5.95 Å². The first kappa shape index (κ1) is 19.9. The molecule has 0 aliphatic carbocycles. The average Bonchev–Trinajstić information content (AvgIpc) is 3.19. The molecule has 1 atom stereocenters. The van der Waals surface area contributed by atoms with Crippen molar-refractivity contribution in [2.45, 2.75) is 17.9 Å². The summed E-state index contributed by atoms with van der Waals surface area (Å²) in [6.45, 7) is 1.60. The van der Waals surface area contributed by atoms with Crippen molar-refractivity contribution in [1.29, 1.82) is 0 Å². The van der Waals surface area contributed by atoms with Crippen LogP contribution in [0.15, 0.2) is 66.0 Å². The predicted octanol–water partition coefficient (Wildman–Crippen LogP) is 2.34. The fourth-order valence-electron chi connectivity index (χ4n) is 3.31. The number of nitrogens with one attached hydrogen (secondary N) is 1. The van der Waals surface area contributed by atoms with Crippen LogP contribution in [0.4, 0.5) is 11.8 Å². The SMILES string of the molecule is CC1Oc2ccc(cc2)S(=O)(=O)N(C)c2nccc(n2)-c2ccc3nc(cn3c2)NC1=O. The van der Waals surface area contributed by atoms with Gasteiger partial charge in [-0.3, -0.25) is 4.79 Å². The summed E-state index contributed by atoms with van der Waals surface area (Å²) in [7, 11) is -2.51. The van der Waals surface area contributed by atoms with Gasteiger partial charge in [0, 0.05) is 25.0 Å². The molecule has 3 aromatic heterocycles. The number of pyridine rings is 1. The monoisotopic (exact) mass is 450 g/mol. The van der Waals surface area contributed by atoms with E-state index in [9.17, 15) is 13.2 Å². The number of rotatable bonds is 0. The van der Waals surface area contributed by atoms with Gasteiger partial charge in [-0.25, -0.2) is 27.7 Å². The molecule has 6 rings (SSSR count). The molecule has 0 saturated carbocycles. The summed E-state index contributed by atoms with van der Waals surface area (Å²) in [5.41, 5.74) is 1.89. The van der Waals surface area contributed by atoms with Crippen molar-refractivity contribution in [1.82, 2.24) is 19.4 Å². The number of aromatic nitrogens is 4. The van der Waals surface area contributed by atoms with Crippen LogP contribution in [0, 0.1) is 0 Å². The molecule has 32 heavy (non-hydrogen) atoms. The fourth-order valence-corrected chi connectivity index (χ4v) is 4.40. The van der Waals surface area contributed by atoms with Gasteiger partial charge in [-0.1, -0.05) is 0 Å². The summed E-state index contributed by atoms with van der Waals surface area (Å²) in [5, 5.41) is 2.74. The zero-order valence-corrected chi connectivity index (χ0v) is 17.9. The van der Waals surface area contributed by atoms with Crippen LogP contribution in [-0.4, -0.2) is 46.8 Å². The Bertz CT molecular complexity index is 1450. The molecule has 0 saturated heterocycles. The standard InChI is InChI=1S/C21H18N6O4S/c1-13-20(28)25-18-12-27-11-14(3-8-19(27)24-18)17-9-10-22-21(23-17)26(2)32(29,30)16-6-4-15(31-13)5-7-16/h3-13H,1-2H3,(H,25,28). The van der Waals surface area contributed by atoms with E-state index in [1.54, 1.807) is 35.9 Å². The number of fused-ring (bicyclic) bond motifs is 6. The van der Waals surface area contributed by atoms with Gasteiger partial charge in [-0.15, -0.1) is 0 Å². The van der Waals surface area contributed by atoms with Crippen LogP contribution >= 0.6 is 0 Å². The Kier molecular flexibility index (Phi) is 4.55. The van der Waals surface area contributed by atoms with Gasteiger partial charge < -0.3 is 14.5 Å². The lowest BCUT2D eigenvalue weighted by Gasteiger charge is -2.18. The Morgan fingerprint density at radius 2 is 1.81 bits per heavy atom. The molecule has 2 aliphatic heterocycles. The molecule has 0 fully saturated rings. The molecular weight excluding hydrogens is 432 g/mol. The molecule has 1 aromatic carbocycles. The molecule has 5 heterocycles. The number of hydrogen-bond donors (Lipinski definition) is 1. The quantitative estimate of drug-likeness (QED) is 0.437. The molecule has 2 aliphatic rings. The van der Waals surface area contributed by atoms with Crippen molar-refractivity contribution in [3.63, 3.8) is 0 Å². The summed E-state index contributed by atoms with van der Waals surface area (Å²) in [5.74, 6) is 0.393. The summed E-state index contributed by atoms with van der Waals surface area (Å²) < 4.78 is 34.6. The van der Waals surface area contributed by atoms with Gasteiger partial charge in [0.25, 0.3) is 15.9 Å². The molecule has 10 nitrogen and oxygen atoms in total. The van der Waals surface area contributed by atoms with Crippen LogP contribution in [0.3, 0.4) is 0 Å². The summed E-state index contributed by atoms with van der Waals surface area (Å²) in [6.07, 6.45) is 4.15. The maximum atomic E-state index is 13.1. The number of nitrogens with zero attached hydrogens (tertiary/aromatic N) is 5. The van der Waals surface area contributed by atoms with E-state index in [1.807, 2.05) is 6.07 Å². The number of anilines is 2. The number of carbonyl (C=O) groups excluding carboxylic acids is 1. The number of sulfonamides is 1. The van der Waals surface area contributed by atoms with Crippen LogP contribution in [0.25, 0.3) is 16.9 Å². The molecule has 162 valence electrons. The Morgan fingerprint density at radius 1 is 1.03 bits per heavy atom. The first-order valence-electron chi connectivity index (χ1n) is 9.70. The number of amides is 1. The zero-order chi connectivity index (χ0) is 22.5. The second-order valence-electron chi connectivity index (χ2n) is 7.24. The largest absolute Gasteiger partial charge is 0.481 e. The molecule has 0 spiro atoms. The summed E-state index contributed by atoms with van der Waals surface area (Å²) in [6, 6.07) is 11.1. The number of imidazole rings is 1. The molecule has 1 unspecified atom stereocenters. The lowest BCUT2D eigenvalue weighted by molar-refractivity contribution is -0.122. The molecule has 0 radical (unpaired) electrons. The van der Waals surface area contributed by atoms with Crippen LogP contribution in [0.2, 0.25) is 0 Å². The smallest absolute Gasteiger partial charge is 0.266 e. The van der Waals surface area contributed by atoms with Gasteiger partial charge in [0.1, 0.15) is 11.4 Å². The van der Waals surface area contributed by atoms with Crippen molar-refractivity contribution in [2.24, 2.45) is 0 Å². The number of ether oxygens (including phenoxy) is 1. The normalized spacial score (nSPS) is 17.8. The Hall–Kier alpha value is -3.99. The molecular formula is C21H18N6O4S. The average molecular weight is 450 g/mol. The first-order chi connectivity index (χ1) is 15.3. The maximum absolute atomic E-state index is 13.1. The minimum atomic E-state index is -3.91. The number of carbonyl (C=O) groups is 1. The van der Waals surface area contributed by atoms with E-state index in [4.69, 9.17) is 4.74 Å². The highest BCUT2D eigenvalue weighted by atomic mass is 32.2. The molecule has 7 bridgehead atoms. The molecule has 1 amide bonds. The lowest BCUT2D eigenvalue weighted by Crippen LogP contribution is -2.30. The van der Waals surface area contributed by atoms with Crippen LogP contribution in [-0.2, 0) is 14.8 Å². The van der Waals surface area contributed by atoms with Crippen LogP contribution in [0.5, 0.6) is 5.75 Å². The highest BCUT2D eigenvalue weighted by Gasteiger charge is 2.24. The van der Waals surface area contributed by atoms with Gasteiger partial charge in [-0.05, 0) is 49.4 Å². The van der Waals surface area contributed by atoms with E-state index >= 15 is 0 Å². The van der Waals surface area contributed by atoms with Crippen molar-refractivity contribution in [3.05, 3.63) is 61.1 Å². The van der Waals surface area contributed by atoms with E-state index < -0.39 is 16.1 Å². The second kappa shape index (κ2) is 7.31. The summed E-state index contributed by atoms with van der Waals surface area (Å²) >= 11 is 0. The third kappa shape index (κ3) is 3.42. The van der Waals surface area contributed by atoms with E-state index in [0.29, 0.717) is 22.9 Å². The highest BCUT2D eigenvalue weighted by Crippen LogP contribution is 2.25. The van der Waals surface area contributed by atoms with Crippen LogP contribution < -0.4 is 14.4 Å². The van der Waals surface area contributed by atoms with Crippen molar-refractivity contribution < 1.29 is 17.9 Å². The van der Waals surface area contributed by atoms with E-state index in [1.165, 1.54) is 37.5 Å². The lowest BCUT2D eigenvalue weighted by atomic mass is 10.2. The second-order valence-corrected chi connectivity index (χ2v) is 9.21. The van der Waals surface area contributed by atoms with Gasteiger partial charge in [-0.2, -0.15) is 0 Å². The van der Waals surface area contributed by atoms with E-state index in [-0.39, 0.29) is 16.8 Å². The number of benzene rings is 1. The highest BCUT2D eigenvalue weighted by molar-refractivity contribution is 7.92. The zero-order valence-electron chi connectivity index (χ0n) is 17.1. The van der Waals surface area contributed by atoms with Gasteiger partial charge >= 0.3 is 0 Å². The predicted molar refractivity (Wildman–Crippen MR) is 117 cm³/mol. The van der Waals surface area contributed by atoms with Crippen molar-refractivity contribution in [3.8, 4) is 17.0 Å².